The number of carbonyl (C=O) groups excluding carboxylic acids is 1. The van der Waals surface area contributed by atoms with Gasteiger partial charge in [-0.15, -0.1) is 0 Å². The van der Waals surface area contributed by atoms with E-state index in [2.05, 4.69) is 24.5 Å². The Morgan fingerprint density at radius 1 is 0.889 bits per heavy atom. The van der Waals surface area contributed by atoms with Gasteiger partial charge in [-0.25, -0.2) is 4.79 Å². The third kappa shape index (κ3) is 3.63. The number of carbonyl (C=O) groups is 1. The van der Waals surface area contributed by atoms with Gasteiger partial charge in [0.1, 0.15) is 0 Å². The molecule has 3 heteroatoms. The van der Waals surface area contributed by atoms with E-state index in [-0.39, 0.29) is 6.03 Å². The van der Waals surface area contributed by atoms with Crippen molar-refractivity contribution in [2.24, 2.45) is 11.8 Å². The minimum Gasteiger partial charge on any atom is -0.335 e. The van der Waals surface area contributed by atoms with Crippen molar-refractivity contribution in [2.75, 3.05) is 0 Å². The number of nitrogens with one attached hydrogen (secondary N) is 2. The molecule has 18 heavy (non-hydrogen) atoms. The number of rotatable bonds is 2. The Balaban J connectivity index is 1.75. The van der Waals surface area contributed by atoms with Crippen molar-refractivity contribution < 1.29 is 4.79 Å². The maximum absolute atomic E-state index is 12.0. The molecule has 0 aromatic heterocycles. The van der Waals surface area contributed by atoms with Gasteiger partial charge in [-0.3, -0.25) is 0 Å². The van der Waals surface area contributed by atoms with Gasteiger partial charge in [0.2, 0.25) is 0 Å². The first-order chi connectivity index (χ1) is 8.66. The average Bonchev–Trinajstić information content (AvgIpc) is 2.36. The molecule has 2 fully saturated rings. The highest BCUT2D eigenvalue weighted by Gasteiger charge is 2.28. The number of amides is 2. The SMILES string of the molecule is CC1CCCC(NC(=O)NC2CCCCC2)C1C. The van der Waals surface area contributed by atoms with Gasteiger partial charge in [-0.05, 0) is 31.1 Å². The minimum absolute atomic E-state index is 0.0628. The number of hydrogen-bond donors (Lipinski definition) is 2. The maximum Gasteiger partial charge on any atom is 0.315 e. The lowest BCUT2D eigenvalue weighted by atomic mass is 9.78. The first kappa shape index (κ1) is 13.7. The van der Waals surface area contributed by atoms with Crippen molar-refractivity contribution in [2.45, 2.75) is 77.3 Å². The van der Waals surface area contributed by atoms with Crippen LogP contribution < -0.4 is 10.6 Å². The van der Waals surface area contributed by atoms with Crippen LogP contribution in [-0.2, 0) is 0 Å². The van der Waals surface area contributed by atoms with Crippen molar-refractivity contribution in [1.29, 1.82) is 0 Å². The summed E-state index contributed by atoms with van der Waals surface area (Å²) in [4.78, 5) is 12.0. The summed E-state index contributed by atoms with van der Waals surface area (Å²) in [5.41, 5.74) is 0. The molecule has 0 saturated heterocycles. The zero-order chi connectivity index (χ0) is 13.0. The summed E-state index contributed by atoms with van der Waals surface area (Å²) in [6, 6.07) is 0.847. The number of urea groups is 1. The highest BCUT2D eigenvalue weighted by molar-refractivity contribution is 5.74. The minimum atomic E-state index is 0.0628. The fraction of sp³-hybridized carbons (Fsp3) is 0.933. The summed E-state index contributed by atoms with van der Waals surface area (Å²) in [6.07, 6.45) is 9.88. The molecule has 0 radical (unpaired) electrons. The van der Waals surface area contributed by atoms with Crippen LogP contribution >= 0.6 is 0 Å². The molecule has 2 N–H and O–H groups in total. The molecule has 3 nitrogen and oxygen atoms in total. The molecule has 2 aliphatic rings. The summed E-state index contributed by atoms with van der Waals surface area (Å²) in [5.74, 6) is 1.34. The van der Waals surface area contributed by atoms with Crippen LogP contribution in [0.2, 0.25) is 0 Å². The van der Waals surface area contributed by atoms with Crippen LogP contribution in [0.1, 0.15) is 65.2 Å². The highest BCUT2D eigenvalue weighted by Crippen LogP contribution is 2.29. The summed E-state index contributed by atoms with van der Waals surface area (Å²) in [7, 11) is 0. The quantitative estimate of drug-likeness (QED) is 0.776. The molecule has 3 atom stereocenters. The third-order valence-electron chi connectivity index (χ3n) is 4.96. The molecule has 0 spiro atoms. The molecule has 0 aromatic carbocycles. The fourth-order valence-electron chi connectivity index (χ4n) is 3.43. The predicted molar refractivity (Wildman–Crippen MR) is 74.5 cm³/mol. The van der Waals surface area contributed by atoms with Crippen LogP contribution in [0.4, 0.5) is 4.79 Å². The van der Waals surface area contributed by atoms with Gasteiger partial charge in [0.05, 0.1) is 0 Å². The van der Waals surface area contributed by atoms with E-state index in [0.29, 0.717) is 18.0 Å². The van der Waals surface area contributed by atoms with Crippen molar-refractivity contribution in [3.63, 3.8) is 0 Å². The zero-order valence-electron chi connectivity index (χ0n) is 11.9. The van der Waals surface area contributed by atoms with Crippen LogP contribution in [-0.4, -0.2) is 18.1 Å². The van der Waals surface area contributed by atoms with Gasteiger partial charge in [-0.2, -0.15) is 0 Å². The van der Waals surface area contributed by atoms with E-state index in [1.54, 1.807) is 0 Å². The smallest absolute Gasteiger partial charge is 0.315 e. The van der Waals surface area contributed by atoms with Crippen molar-refractivity contribution >= 4 is 6.03 Å². The van der Waals surface area contributed by atoms with Crippen LogP contribution in [0.15, 0.2) is 0 Å². The summed E-state index contributed by atoms with van der Waals surface area (Å²) >= 11 is 0. The molecule has 0 aliphatic heterocycles. The normalized spacial score (nSPS) is 34.0. The summed E-state index contributed by atoms with van der Waals surface area (Å²) < 4.78 is 0. The monoisotopic (exact) mass is 252 g/mol. The fourth-order valence-corrected chi connectivity index (χ4v) is 3.43. The molecule has 2 saturated carbocycles. The van der Waals surface area contributed by atoms with Crippen molar-refractivity contribution in [3.8, 4) is 0 Å². The van der Waals surface area contributed by atoms with E-state index >= 15 is 0 Å². The van der Waals surface area contributed by atoms with E-state index in [9.17, 15) is 4.79 Å². The Hall–Kier alpha value is -0.730. The Morgan fingerprint density at radius 2 is 1.61 bits per heavy atom. The lowest BCUT2D eigenvalue weighted by Crippen LogP contribution is -2.50. The van der Waals surface area contributed by atoms with Gasteiger partial charge in [0.25, 0.3) is 0 Å². The lowest BCUT2D eigenvalue weighted by Gasteiger charge is -2.35. The molecule has 104 valence electrons. The Morgan fingerprint density at radius 3 is 2.33 bits per heavy atom. The first-order valence-corrected chi connectivity index (χ1v) is 7.74. The second-order valence-corrected chi connectivity index (χ2v) is 6.33. The van der Waals surface area contributed by atoms with Gasteiger partial charge in [0, 0.05) is 12.1 Å². The molecular formula is C15H28N2O. The van der Waals surface area contributed by atoms with Crippen LogP contribution in [0.5, 0.6) is 0 Å². The molecule has 2 aliphatic carbocycles. The Labute approximate surface area is 111 Å². The first-order valence-electron chi connectivity index (χ1n) is 7.74. The van der Waals surface area contributed by atoms with E-state index < -0.39 is 0 Å². The highest BCUT2D eigenvalue weighted by atomic mass is 16.2. The molecule has 2 rings (SSSR count). The van der Waals surface area contributed by atoms with Crippen LogP contribution in [0.3, 0.4) is 0 Å². The Kier molecular flexibility index (Phi) is 4.90. The standard InChI is InChI=1S/C15H28N2O/c1-11-7-6-10-14(12(11)2)17-15(18)16-13-8-4-3-5-9-13/h11-14H,3-10H2,1-2H3,(H2,16,17,18). The van der Waals surface area contributed by atoms with E-state index in [1.807, 2.05) is 0 Å². The largest absolute Gasteiger partial charge is 0.335 e. The lowest BCUT2D eigenvalue weighted by molar-refractivity contribution is 0.191. The second-order valence-electron chi connectivity index (χ2n) is 6.33. The van der Waals surface area contributed by atoms with Crippen LogP contribution in [0, 0.1) is 11.8 Å². The van der Waals surface area contributed by atoms with Crippen molar-refractivity contribution in [1.82, 2.24) is 10.6 Å². The molecule has 0 aromatic rings. The Bertz CT molecular complexity index is 274. The van der Waals surface area contributed by atoms with Gasteiger partial charge in [-0.1, -0.05) is 46.0 Å². The van der Waals surface area contributed by atoms with Gasteiger partial charge < -0.3 is 10.6 Å². The van der Waals surface area contributed by atoms with Crippen LogP contribution in [0.25, 0.3) is 0 Å². The molecular weight excluding hydrogens is 224 g/mol. The zero-order valence-corrected chi connectivity index (χ0v) is 11.9. The van der Waals surface area contributed by atoms with Gasteiger partial charge >= 0.3 is 6.03 Å². The van der Waals surface area contributed by atoms with E-state index in [1.165, 1.54) is 32.1 Å². The molecule has 3 unspecified atom stereocenters. The molecule has 2 amide bonds. The van der Waals surface area contributed by atoms with Crippen molar-refractivity contribution in [3.05, 3.63) is 0 Å². The molecule has 0 heterocycles. The number of hydrogen-bond acceptors (Lipinski definition) is 1. The average molecular weight is 252 g/mol. The predicted octanol–water partition coefficient (Wildman–Crippen LogP) is 3.44. The third-order valence-corrected chi connectivity index (χ3v) is 4.96. The molecule has 0 bridgehead atoms. The topological polar surface area (TPSA) is 41.1 Å². The summed E-state index contributed by atoms with van der Waals surface area (Å²) in [6.45, 7) is 4.58. The summed E-state index contributed by atoms with van der Waals surface area (Å²) in [5, 5.41) is 6.35. The van der Waals surface area contributed by atoms with Gasteiger partial charge in [0.15, 0.2) is 0 Å². The maximum atomic E-state index is 12.0. The second kappa shape index (κ2) is 6.44. The van der Waals surface area contributed by atoms with E-state index in [4.69, 9.17) is 0 Å². The van der Waals surface area contributed by atoms with E-state index in [0.717, 1.165) is 25.2 Å².